The van der Waals surface area contributed by atoms with Gasteiger partial charge in [0.25, 0.3) is 0 Å². The Labute approximate surface area is 125 Å². The Morgan fingerprint density at radius 3 is 2.86 bits per heavy atom. The number of sulfone groups is 1. The van der Waals surface area contributed by atoms with Crippen molar-refractivity contribution in [2.45, 2.75) is 26.4 Å². The first kappa shape index (κ1) is 15.8. The number of hydrogen-bond acceptors (Lipinski definition) is 5. The summed E-state index contributed by atoms with van der Waals surface area (Å²) in [6.07, 6.45) is 0.208. The van der Waals surface area contributed by atoms with Gasteiger partial charge in [-0.15, -0.1) is 0 Å². The zero-order valence-corrected chi connectivity index (χ0v) is 13.3. The Bertz CT molecular complexity index is 635. The van der Waals surface area contributed by atoms with Crippen molar-refractivity contribution in [3.05, 3.63) is 29.3 Å². The number of rotatable bonds is 5. The van der Waals surface area contributed by atoms with E-state index in [-0.39, 0.29) is 17.6 Å². The number of benzene rings is 1. The zero-order chi connectivity index (χ0) is 15.6. The van der Waals surface area contributed by atoms with Crippen molar-refractivity contribution < 1.29 is 22.7 Å². The van der Waals surface area contributed by atoms with Crippen LogP contribution in [0.15, 0.2) is 18.2 Å². The first-order valence-electron chi connectivity index (χ1n) is 6.85. The molecule has 5 nitrogen and oxygen atoms in total. The van der Waals surface area contributed by atoms with E-state index in [0.717, 1.165) is 16.9 Å². The van der Waals surface area contributed by atoms with Crippen LogP contribution in [0.25, 0.3) is 0 Å². The molecule has 2 unspecified atom stereocenters. The SMILES string of the molecule is COC(=O)C(C)CS(=O)(=O)CC1Cc2cc(C)ccc2O1. The van der Waals surface area contributed by atoms with Crippen LogP contribution in [0.4, 0.5) is 0 Å². The lowest BCUT2D eigenvalue weighted by molar-refractivity contribution is -0.144. The molecule has 0 amide bonds. The summed E-state index contributed by atoms with van der Waals surface area (Å²) in [6, 6.07) is 5.82. The number of fused-ring (bicyclic) bond motifs is 1. The van der Waals surface area contributed by atoms with E-state index >= 15 is 0 Å². The molecule has 0 aromatic heterocycles. The van der Waals surface area contributed by atoms with Gasteiger partial charge in [-0.25, -0.2) is 8.42 Å². The first-order chi connectivity index (χ1) is 9.80. The van der Waals surface area contributed by atoms with Crippen molar-refractivity contribution in [2.24, 2.45) is 5.92 Å². The van der Waals surface area contributed by atoms with Gasteiger partial charge in [0, 0.05) is 6.42 Å². The van der Waals surface area contributed by atoms with Crippen molar-refractivity contribution in [3.63, 3.8) is 0 Å². The third-order valence-electron chi connectivity index (χ3n) is 3.50. The van der Waals surface area contributed by atoms with Crippen molar-refractivity contribution in [1.82, 2.24) is 0 Å². The van der Waals surface area contributed by atoms with Gasteiger partial charge in [-0.3, -0.25) is 4.79 Å². The third-order valence-corrected chi connectivity index (χ3v) is 5.39. The van der Waals surface area contributed by atoms with E-state index in [1.165, 1.54) is 7.11 Å². The number of ether oxygens (including phenoxy) is 2. The van der Waals surface area contributed by atoms with E-state index in [2.05, 4.69) is 4.74 Å². The molecular weight excluding hydrogens is 292 g/mol. The van der Waals surface area contributed by atoms with E-state index in [9.17, 15) is 13.2 Å². The van der Waals surface area contributed by atoms with Crippen molar-refractivity contribution in [2.75, 3.05) is 18.6 Å². The summed E-state index contributed by atoms with van der Waals surface area (Å²) < 4.78 is 34.5. The van der Waals surface area contributed by atoms with Crippen LogP contribution >= 0.6 is 0 Å². The molecule has 6 heteroatoms. The number of carbonyl (C=O) groups excluding carboxylic acids is 1. The molecule has 1 aliphatic heterocycles. The highest BCUT2D eigenvalue weighted by molar-refractivity contribution is 7.91. The quantitative estimate of drug-likeness (QED) is 0.771. The average molecular weight is 312 g/mol. The van der Waals surface area contributed by atoms with Crippen LogP contribution in [0.3, 0.4) is 0 Å². The van der Waals surface area contributed by atoms with Crippen LogP contribution < -0.4 is 4.74 Å². The molecule has 2 rings (SSSR count). The van der Waals surface area contributed by atoms with Crippen LogP contribution in [0.2, 0.25) is 0 Å². The molecule has 0 saturated heterocycles. The maximum atomic E-state index is 12.1. The Morgan fingerprint density at radius 1 is 1.48 bits per heavy atom. The molecule has 1 heterocycles. The summed E-state index contributed by atoms with van der Waals surface area (Å²) in [6.45, 7) is 3.54. The Hall–Kier alpha value is -1.56. The molecule has 21 heavy (non-hydrogen) atoms. The predicted molar refractivity (Wildman–Crippen MR) is 79.1 cm³/mol. The zero-order valence-electron chi connectivity index (χ0n) is 12.5. The third kappa shape index (κ3) is 3.97. The van der Waals surface area contributed by atoms with Crippen LogP contribution in [0.1, 0.15) is 18.1 Å². The second-order valence-corrected chi connectivity index (χ2v) is 7.71. The number of aryl methyl sites for hydroxylation is 1. The summed E-state index contributed by atoms with van der Waals surface area (Å²) >= 11 is 0. The highest BCUT2D eigenvalue weighted by atomic mass is 32.2. The number of carbonyl (C=O) groups is 1. The first-order valence-corrected chi connectivity index (χ1v) is 8.67. The molecule has 0 fully saturated rings. The fourth-order valence-electron chi connectivity index (χ4n) is 2.54. The second kappa shape index (κ2) is 6.05. The lowest BCUT2D eigenvalue weighted by atomic mass is 10.1. The summed E-state index contributed by atoms with van der Waals surface area (Å²) in [4.78, 5) is 11.3. The van der Waals surface area contributed by atoms with Crippen LogP contribution in [-0.4, -0.2) is 39.1 Å². The van der Waals surface area contributed by atoms with Gasteiger partial charge >= 0.3 is 5.97 Å². The minimum absolute atomic E-state index is 0.0813. The molecule has 0 radical (unpaired) electrons. The molecule has 0 N–H and O–H groups in total. The van der Waals surface area contributed by atoms with E-state index in [1.54, 1.807) is 6.92 Å². The van der Waals surface area contributed by atoms with Gasteiger partial charge in [0.15, 0.2) is 9.84 Å². The highest BCUT2D eigenvalue weighted by Gasteiger charge is 2.30. The molecule has 0 aliphatic carbocycles. The molecular formula is C15H20O5S. The van der Waals surface area contributed by atoms with Gasteiger partial charge in [0.1, 0.15) is 11.9 Å². The molecule has 0 bridgehead atoms. The fourth-order valence-corrected chi connectivity index (χ4v) is 4.33. The molecule has 116 valence electrons. The summed E-state index contributed by atoms with van der Waals surface area (Å²) in [5.41, 5.74) is 2.16. The maximum absolute atomic E-state index is 12.1. The van der Waals surface area contributed by atoms with E-state index in [4.69, 9.17) is 4.74 Å². The van der Waals surface area contributed by atoms with Crippen molar-refractivity contribution >= 4 is 15.8 Å². The molecule has 0 saturated carbocycles. The lowest BCUT2D eigenvalue weighted by Crippen LogP contribution is -2.31. The average Bonchev–Trinajstić information content (AvgIpc) is 2.77. The van der Waals surface area contributed by atoms with Gasteiger partial charge in [-0.1, -0.05) is 24.6 Å². The van der Waals surface area contributed by atoms with Gasteiger partial charge in [-0.05, 0) is 18.6 Å². The minimum atomic E-state index is -3.37. The lowest BCUT2D eigenvalue weighted by Gasteiger charge is -2.13. The Balaban J connectivity index is 1.98. The Kier molecular flexibility index (Phi) is 4.56. The van der Waals surface area contributed by atoms with E-state index in [1.807, 2.05) is 25.1 Å². The molecule has 1 aromatic rings. The Morgan fingerprint density at radius 2 is 2.19 bits per heavy atom. The van der Waals surface area contributed by atoms with E-state index in [0.29, 0.717) is 6.42 Å². The second-order valence-electron chi connectivity index (χ2n) is 5.56. The van der Waals surface area contributed by atoms with Gasteiger partial charge in [0.2, 0.25) is 0 Å². The highest BCUT2D eigenvalue weighted by Crippen LogP contribution is 2.30. The molecule has 1 aliphatic rings. The number of hydrogen-bond donors (Lipinski definition) is 0. The monoisotopic (exact) mass is 312 g/mol. The normalized spacial score (nSPS) is 18.7. The summed E-state index contributed by atoms with van der Waals surface area (Å²) in [5, 5.41) is 0. The summed E-state index contributed by atoms with van der Waals surface area (Å²) in [5.74, 6) is -0.714. The standard InChI is InChI=1S/C15H20O5S/c1-10-4-5-14-12(6-10)7-13(20-14)9-21(17,18)8-11(2)15(16)19-3/h4-6,11,13H,7-9H2,1-3H3. The van der Waals surface area contributed by atoms with Gasteiger partial charge in [-0.2, -0.15) is 0 Å². The van der Waals surface area contributed by atoms with Gasteiger partial charge < -0.3 is 9.47 Å². The largest absolute Gasteiger partial charge is 0.489 e. The summed E-state index contributed by atoms with van der Waals surface area (Å²) in [7, 11) is -2.12. The predicted octanol–water partition coefficient (Wildman–Crippen LogP) is 1.52. The molecule has 0 spiro atoms. The smallest absolute Gasteiger partial charge is 0.309 e. The van der Waals surface area contributed by atoms with Gasteiger partial charge in [0.05, 0.1) is 24.5 Å². The van der Waals surface area contributed by atoms with E-state index < -0.39 is 21.7 Å². The van der Waals surface area contributed by atoms with Crippen LogP contribution in [0, 0.1) is 12.8 Å². The number of esters is 1. The van der Waals surface area contributed by atoms with Crippen LogP contribution in [-0.2, 0) is 25.8 Å². The molecule has 2 atom stereocenters. The fraction of sp³-hybridized carbons (Fsp3) is 0.533. The van der Waals surface area contributed by atoms with Crippen molar-refractivity contribution in [1.29, 1.82) is 0 Å². The van der Waals surface area contributed by atoms with Crippen molar-refractivity contribution in [3.8, 4) is 5.75 Å². The van der Waals surface area contributed by atoms with Crippen LogP contribution in [0.5, 0.6) is 5.75 Å². The minimum Gasteiger partial charge on any atom is -0.489 e. The number of methoxy groups -OCH3 is 1. The maximum Gasteiger partial charge on any atom is 0.309 e. The topological polar surface area (TPSA) is 69.7 Å². The molecule has 1 aromatic carbocycles.